The van der Waals surface area contributed by atoms with Gasteiger partial charge in [0.05, 0.1) is 0 Å². The van der Waals surface area contributed by atoms with Gasteiger partial charge in [-0.2, -0.15) is 4.98 Å². The maximum atomic E-state index is 12.8. The molecule has 2 N–H and O–H groups in total. The largest absolute Gasteiger partial charge is 0.351 e. The van der Waals surface area contributed by atoms with Crippen molar-refractivity contribution in [1.82, 2.24) is 10.1 Å². The number of benzene rings is 1. The molecule has 0 aliphatic carbocycles. The predicted molar refractivity (Wildman–Crippen MR) is 47.9 cm³/mol. The molecule has 0 atom stereocenters. The highest BCUT2D eigenvalue weighted by Gasteiger charge is 2.04. The van der Waals surface area contributed by atoms with Crippen molar-refractivity contribution in [2.45, 2.75) is 6.42 Å². The molecule has 1 aromatic carbocycles. The fraction of sp³-hybridized carbons (Fsp3) is 0.111. The summed E-state index contributed by atoms with van der Waals surface area (Å²) >= 11 is 0. The van der Waals surface area contributed by atoms with Gasteiger partial charge in [-0.1, -0.05) is 17.3 Å². The second kappa shape index (κ2) is 3.45. The predicted octanol–water partition coefficient (Wildman–Crippen LogP) is 1.38. The Bertz CT molecular complexity index is 441. The molecule has 0 saturated carbocycles. The van der Waals surface area contributed by atoms with Crippen LogP contribution in [0.4, 0.5) is 10.4 Å². The summed E-state index contributed by atoms with van der Waals surface area (Å²) in [6.07, 6.45) is 0.415. The van der Waals surface area contributed by atoms with Crippen LogP contribution in [0.1, 0.15) is 11.4 Å². The van der Waals surface area contributed by atoms with Crippen LogP contribution in [0.15, 0.2) is 28.8 Å². The third kappa shape index (κ3) is 1.87. The number of nitrogens with zero attached hydrogens (tertiary/aromatic N) is 2. The van der Waals surface area contributed by atoms with Crippen molar-refractivity contribution in [3.05, 3.63) is 41.5 Å². The standard InChI is InChI=1S/C9H8FN3O/c10-7-3-1-2-6(4-7)5-8-12-9(11)14-13-8/h1-4H,5H2,(H2,11,12,13). The van der Waals surface area contributed by atoms with E-state index in [9.17, 15) is 4.39 Å². The van der Waals surface area contributed by atoms with Crippen LogP contribution in [0.25, 0.3) is 0 Å². The molecule has 0 aliphatic rings. The van der Waals surface area contributed by atoms with Crippen LogP contribution in [0.5, 0.6) is 0 Å². The van der Waals surface area contributed by atoms with Gasteiger partial charge in [-0.3, -0.25) is 0 Å². The van der Waals surface area contributed by atoms with Crippen molar-refractivity contribution in [1.29, 1.82) is 0 Å². The monoisotopic (exact) mass is 193 g/mol. The number of hydrogen-bond acceptors (Lipinski definition) is 4. The minimum atomic E-state index is -0.279. The Morgan fingerprint density at radius 3 is 2.93 bits per heavy atom. The summed E-state index contributed by atoms with van der Waals surface area (Å²) in [4.78, 5) is 3.81. The van der Waals surface area contributed by atoms with Gasteiger partial charge in [0.2, 0.25) is 0 Å². The molecule has 0 amide bonds. The molecule has 0 unspecified atom stereocenters. The number of nitrogens with two attached hydrogens (primary N) is 1. The molecule has 4 nitrogen and oxygen atoms in total. The van der Waals surface area contributed by atoms with Crippen molar-refractivity contribution in [3.8, 4) is 0 Å². The molecular formula is C9H8FN3O. The van der Waals surface area contributed by atoms with Crippen LogP contribution in [0, 0.1) is 5.82 Å². The zero-order valence-electron chi connectivity index (χ0n) is 7.27. The summed E-state index contributed by atoms with van der Waals surface area (Å²) in [6, 6.07) is 6.25. The van der Waals surface area contributed by atoms with Crippen LogP contribution >= 0.6 is 0 Å². The van der Waals surface area contributed by atoms with Gasteiger partial charge < -0.3 is 10.3 Å². The molecular weight excluding hydrogens is 185 g/mol. The van der Waals surface area contributed by atoms with Crippen LogP contribution in [-0.2, 0) is 6.42 Å². The molecule has 0 spiro atoms. The van der Waals surface area contributed by atoms with Crippen molar-refractivity contribution in [2.24, 2.45) is 0 Å². The highest BCUT2D eigenvalue weighted by molar-refractivity contribution is 5.20. The van der Waals surface area contributed by atoms with E-state index < -0.39 is 0 Å². The van der Waals surface area contributed by atoms with Gasteiger partial charge in [-0.05, 0) is 17.7 Å². The zero-order chi connectivity index (χ0) is 9.97. The summed E-state index contributed by atoms with van der Waals surface area (Å²) in [7, 11) is 0. The van der Waals surface area contributed by atoms with E-state index in [1.807, 2.05) is 0 Å². The van der Waals surface area contributed by atoms with Crippen LogP contribution in [-0.4, -0.2) is 10.1 Å². The van der Waals surface area contributed by atoms with E-state index in [4.69, 9.17) is 5.73 Å². The van der Waals surface area contributed by atoms with E-state index in [1.54, 1.807) is 12.1 Å². The minimum absolute atomic E-state index is 0.0244. The van der Waals surface area contributed by atoms with Crippen molar-refractivity contribution >= 4 is 6.01 Å². The Morgan fingerprint density at radius 1 is 1.43 bits per heavy atom. The molecule has 5 heteroatoms. The lowest BCUT2D eigenvalue weighted by molar-refractivity contribution is 0.428. The Kier molecular flexibility index (Phi) is 2.14. The number of anilines is 1. The summed E-state index contributed by atoms with van der Waals surface area (Å²) in [6.45, 7) is 0. The fourth-order valence-electron chi connectivity index (χ4n) is 1.17. The smallest absolute Gasteiger partial charge is 0.318 e. The zero-order valence-corrected chi connectivity index (χ0v) is 7.27. The average molecular weight is 193 g/mol. The second-order valence-electron chi connectivity index (χ2n) is 2.86. The minimum Gasteiger partial charge on any atom is -0.351 e. The topological polar surface area (TPSA) is 64.9 Å². The van der Waals surface area contributed by atoms with E-state index in [-0.39, 0.29) is 11.8 Å². The first-order valence-corrected chi connectivity index (χ1v) is 4.06. The van der Waals surface area contributed by atoms with Gasteiger partial charge in [0.15, 0.2) is 5.82 Å². The van der Waals surface area contributed by atoms with Gasteiger partial charge in [0.1, 0.15) is 5.82 Å². The summed E-state index contributed by atoms with van der Waals surface area (Å²) in [5, 5.41) is 3.61. The maximum Gasteiger partial charge on any atom is 0.318 e. The van der Waals surface area contributed by atoms with Crippen LogP contribution in [0.2, 0.25) is 0 Å². The molecule has 0 bridgehead atoms. The van der Waals surface area contributed by atoms with Gasteiger partial charge in [-0.25, -0.2) is 4.39 Å². The molecule has 0 saturated heterocycles. The second-order valence-corrected chi connectivity index (χ2v) is 2.86. The first-order chi connectivity index (χ1) is 6.74. The van der Waals surface area contributed by atoms with Crippen molar-refractivity contribution < 1.29 is 8.91 Å². The third-order valence-electron chi connectivity index (χ3n) is 1.74. The lowest BCUT2D eigenvalue weighted by Crippen LogP contribution is -1.92. The molecule has 2 rings (SSSR count). The van der Waals surface area contributed by atoms with E-state index in [1.165, 1.54) is 12.1 Å². The van der Waals surface area contributed by atoms with Gasteiger partial charge >= 0.3 is 6.01 Å². The maximum absolute atomic E-state index is 12.8. The third-order valence-corrected chi connectivity index (χ3v) is 1.74. The van der Waals surface area contributed by atoms with Crippen LogP contribution in [0.3, 0.4) is 0 Å². The Balaban J connectivity index is 2.18. The fourth-order valence-corrected chi connectivity index (χ4v) is 1.17. The van der Waals surface area contributed by atoms with Crippen molar-refractivity contribution in [3.63, 3.8) is 0 Å². The number of halogens is 1. The Hall–Kier alpha value is -1.91. The van der Waals surface area contributed by atoms with Gasteiger partial charge in [0, 0.05) is 6.42 Å². The first kappa shape index (κ1) is 8.68. The van der Waals surface area contributed by atoms with E-state index >= 15 is 0 Å². The Morgan fingerprint density at radius 2 is 2.29 bits per heavy atom. The number of nitrogen functional groups attached to an aromatic ring is 1. The molecule has 1 heterocycles. The summed E-state index contributed by atoms with van der Waals surface area (Å²) in [5.41, 5.74) is 6.03. The van der Waals surface area contributed by atoms with Gasteiger partial charge in [-0.15, -0.1) is 0 Å². The number of aromatic nitrogens is 2. The van der Waals surface area contributed by atoms with E-state index in [0.717, 1.165) is 5.56 Å². The molecule has 0 radical (unpaired) electrons. The highest BCUT2D eigenvalue weighted by atomic mass is 19.1. The molecule has 2 aromatic rings. The molecule has 14 heavy (non-hydrogen) atoms. The molecule has 1 aromatic heterocycles. The van der Waals surface area contributed by atoms with Crippen molar-refractivity contribution in [2.75, 3.05) is 5.73 Å². The van der Waals surface area contributed by atoms with Crippen LogP contribution < -0.4 is 5.73 Å². The lowest BCUT2D eigenvalue weighted by Gasteiger charge is -1.95. The number of hydrogen-bond donors (Lipinski definition) is 1. The first-order valence-electron chi connectivity index (χ1n) is 4.06. The SMILES string of the molecule is Nc1nc(Cc2cccc(F)c2)no1. The normalized spacial score (nSPS) is 10.4. The highest BCUT2D eigenvalue weighted by Crippen LogP contribution is 2.08. The van der Waals surface area contributed by atoms with Gasteiger partial charge in [0.25, 0.3) is 0 Å². The lowest BCUT2D eigenvalue weighted by atomic mass is 10.1. The van der Waals surface area contributed by atoms with E-state index in [0.29, 0.717) is 12.2 Å². The average Bonchev–Trinajstić information content (AvgIpc) is 2.51. The summed E-state index contributed by atoms with van der Waals surface area (Å²) in [5.74, 6) is 0.173. The Labute approximate surface area is 79.5 Å². The number of rotatable bonds is 2. The van der Waals surface area contributed by atoms with E-state index in [2.05, 4.69) is 14.7 Å². The molecule has 72 valence electrons. The molecule has 0 aliphatic heterocycles. The summed E-state index contributed by atoms with van der Waals surface area (Å²) < 4.78 is 17.4. The molecule has 0 fully saturated rings. The quantitative estimate of drug-likeness (QED) is 0.782.